The maximum atomic E-state index is 14.7. The van der Waals surface area contributed by atoms with Gasteiger partial charge in [0, 0.05) is 39.1 Å². The van der Waals surface area contributed by atoms with Gasteiger partial charge in [-0.1, -0.05) is 40.2 Å². The highest BCUT2D eigenvalue weighted by molar-refractivity contribution is 9.10. The number of rotatable bonds is 12. The average molecular weight is 586 g/mol. The van der Waals surface area contributed by atoms with E-state index < -0.39 is 11.7 Å². The topological polar surface area (TPSA) is 94.1 Å². The summed E-state index contributed by atoms with van der Waals surface area (Å²) in [4.78, 5) is 25.1. The number of aryl methyl sites for hydroxylation is 1. The molecule has 0 aliphatic carbocycles. The van der Waals surface area contributed by atoms with Crippen LogP contribution in [0.1, 0.15) is 50.2 Å². The molecule has 0 saturated carbocycles. The molecule has 9 heteroatoms. The Bertz CT molecular complexity index is 1240. The van der Waals surface area contributed by atoms with Gasteiger partial charge in [0.1, 0.15) is 12.1 Å². The summed E-state index contributed by atoms with van der Waals surface area (Å²) in [6.07, 6.45) is 3.11. The number of unbranched alkanes of at least 4 members (excludes halogenated alkanes) is 1. The van der Waals surface area contributed by atoms with Crippen LogP contribution < -0.4 is 16.0 Å². The van der Waals surface area contributed by atoms with E-state index in [1.807, 2.05) is 30.3 Å². The third-order valence-electron chi connectivity index (χ3n) is 5.83. The van der Waals surface area contributed by atoms with Crippen molar-refractivity contribution >= 4 is 46.7 Å². The van der Waals surface area contributed by atoms with E-state index in [0.29, 0.717) is 18.5 Å². The molecule has 1 amide bonds. The standard InChI is InChI=1S/C28H30BrFN4O2S/c29-22-10-8-21(18-35)20(16-22)9-13-24-25(4-3-5-26(24)30)27(36)34-28(31)33-15-2-1-14-32-17-19-6-11-23(37)12-7-19/h3-8,10-12,16,18,32,37H,1-2,9,13-15,17H2,(H3,31,33,34,36). The molecule has 3 rings (SSSR count). The van der Waals surface area contributed by atoms with Gasteiger partial charge in [-0.15, -0.1) is 12.6 Å². The number of carbonyl (C=O) groups excluding carboxylic acids is 2. The van der Waals surface area contributed by atoms with Crippen molar-refractivity contribution in [2.24, 2.45) is 0 Å². The van der Waals surface area contributed by atoms with E-state index in [-0.39, 0.29) is 23.5 Å². The summed E-state index contributed by atoms with van der Waals surface area (Å²) >= 11 is 7.67. The number of halogens is 2. The van der Waals surface area contributed by atoms with Gasteiger partial charge < -0.3 is 10.6 Å². The fourth-order valence-electron chi connectivity index (χ4n) is 3.85. The molecule has 0 aliphatic rings. The maximum Gasteiger partial charge on any atom is 0.258 e. The third-order valence-corrected chi connectivity index (χ3v) is 6.62. The van der Waals surface area contributed by atoms with Crippen molar-refractivity contribution < 1.29 is 14.0 Å². The van der Waals surface area contributed by atoms with Crippen molar-refractivity contribution in [1.82, 2.24) is 16.0 Å². The molecule has 0 radical (unpaired) electrons. The van der Waals surface area contributed by atoms with Crippen molar-refractivity contribution in [3.8, 4) is 0 Å². The molecule has 0 atom stereocenters. The summed E-state index contributed by atoms with van der Waals surface area (Å²) in [6, 6.07) is 17.6. The van der Waals surface area contributed by atoms with Crippen LogP contribution in [0.4, 0.5) is 4.39 Å². The number of amides is 1. The Morgan fingerprint density at radius 1 is 1.03 bits per heavy atom. The number of nitrogens with one attached hydrogen (secondary N) is 4. The highest BCUT2D eigenvalue weighted by atomic mass is 79.9. The van der Waals surface area contributed by atoms with E-state index in [1.165, 1.54) is 23.8 Å². The summed E-state index contributed by atoms with van der Waals surface area (Å²) < 4.78 is 15.5. The Morgan fingerprint density at radius 3 is 2.54 bits per heavy atom. The van der Waals surface area contributed by atoms with E-state index in [9.17, 15) is 14.0 Å². The molecule has 0 saturated heterocycles. The van der Waals surface area contributed by atoms with Gasteiger partial charge in [-0.3, -0.25) is 20.3 Å². The predicted octanol–water partition coefficient (Wildman–Crippen LogP) is 5.30. The lowest BCUT2D eigenvalue weighted by Gasteiger charge is -2.13. The number of hydrogen-bond acceptors (Lipinski definition) is 5. The fourth-order valence-corrected chi connectivity index (χ4v) is 4.41. The molecule has 3 aromatic carbocycles. The predicted molar refractivity (Wildman–Crippen MR) is 151 cm³/mol. The fraction of sp³-hybridized carbons (Fsp3) is 0.250. The van der Waals surface area contributed by atoms with E-state index in [4.69, 9.17) is 5.41 Å². The summed E-state index contributed by atoms with van der Waals surface area (Å²) in [5.41, 5.74) is 2.90. The molecule has 0 aromatic heterocycles. The lowest BCUT2D eigenvalue weighted by atomic mass is 9.96. The van der Waals surface area contributed by atoms with E-state index in [0.717, 1.165) is 47.1 Å². The van der Waals surface area contributed by atoms with Crippen LogP contribution in [0.2, 0.25) is 0 Å². The molecular weight excluding hydrogens is 555 g/mol. The number of aldehydes is 1. The molecule has 6 nitrogen and oxygen atoms in total. The first-order chi connectivity index (χ1) is 17.9. The Morgan fingerprint density at radius 2 is 1.78 bits per heavy atom. The molecule has 0 fully saturated rings. The smallest absolute Gasteiger partial charge is 0.258 e. The van der Waals surface area contributed by atoms with Crippen molar-refractivity contribution in [2.75, 3.05) is 13.1 Å². The van der Waals surface area contributed by atoms with E-state index in [2.05, 4.69) is 44.5 Å². The number of carbonyl (C=O) groups is 2. The molecular formula is C28H30BrFN4O2S. The number of benzene rings is 3. The zero-order chi connectivity index (χ0) is 26.6. The SMILES string of the molecule is N=C(NCCCCNCc1ccc(S)cc1)NC(=O)c1cccc(F)c1CCc1cc(Br)ccc1C=O. The normalized spacial score (nSPS) is 10.7. The lowest BCUT2D eigenvalue weighted by Crippen LogP contribution is -2.41. The van der Waals surface area contributed by atoms with Gasteiger partial charge in [-0.05, 0) is 79.8 Å². The summed E-state index contributed by atoms with van der Waals surface area (Å²) in [5.74, 6) is -1.18. The molecule has 3 aromatic rings. The van der Waals surface area contributed by atoms with Crippen LogP contribution in [0.3, 0.4) is 0 Å². The van der Waals surface area contributed by atoms with Crippen LogP contribution in [0.5, 0.6) is 0 Å². The van der Waals surface area contributed by atoms with Crippen LogP contribution in [-0.2, 0) is 19.4 Å². The molecule has 0 bridgehead atoms. The zero-order valence-corrected chi connectivity index (χ0v) is 22.8. The second kappa shape index (κ2) is 14.7. The molecule has 0 heterocycles. The largest absolute Gasteiger partial charge is 0.356 e. The van der Waals surface area contributed by atoms with Gasteiger partial charge in [0.25, 0.3) is 5.91 Å². The highest BCUT2D eigenvalue weighted by Crippen LogP contribution is 2.21. The Balaban J connectivity index is 1.44. The van der Waals surface area contributed by atoms with Crippen molar-refractivity contribution in [3.05, 3.63) is 98.8 Å². The number of guanidine groups is 1. The summed E-state index contributed by atoms with van der Waals surface area (Å²) in [5, 5.41) is 16.8. The Hall–Kier alpha value is -3.01. The van der Waals surface area contributed by atoms with Crippen LogP contribution in [-0.4, -0.2) is 31.2 Å². The van der Waals surface area contributed by atoms with Gasteiger partial charge >= 0.3 is 0 Å². The van der Waals surface area contributed by atoms with Crippen molar-refractivity contribution in [1.29, 1.82) is 5.41 Å². The molecule has 4 N–H and O–H groups in total. The minimum absolute atomic E-state index is 0.129. The van der Waals surface area contributed by atoms with Crippen LogP contribution in [0, 0.1) is 11.2 Å². The van der Waals surface area contributed by atoms with Crippen LogP contribution in [0.15, 0.2) is 70.0 Å². The molecule has 0 unspecified atom stereocenters. The molecule has 0 aliphatic heterocycles. The van der Waals surface area contributed by atoms with Gasteiger partial charge in [-0.25, -0.2) is 4.39 Å². The second-order valence-corrected chi connectivity index (χ2v) is 9.97. The second-order valence-electron chi connectivity index (χ2n) is 8.53. The average Bonchev–Trinajstić information content (AvgIpc) is 2.88. The van der Waals surface area contributed by atoms with Gasteiger partial charge in [-0.2, -0.15) is 0 Å². The van der Waals surface area contributed by atoms with Crippen molar-refractivity contribution in [3.63, 3.8) is 0 Å². The van der Waals surface area contributed by atoms with E-state index >= 15 is 0 Å². The third kappa shape index (κ3) is 9.10. The molecule has 194 valence electrons. The zero-order valence-electron chi connectivity index (χ0n) is 20.3. The number of thiol groups is 1. The maximum absolute atomic E-state index is 14.7. The Labute approximate surface area is 230 Å². The van der Waals surface area contributed by atoms with Crippen LogP contribution >= 0.6 is 28.6 Å². The lowest BCUT2D eigenvalue weighted by molar-refractivity contribution is 0.0973. The van der Waals surface area contributed by atoms with E-state index in [1.54, 1.807) is 12.1 Å². The molecule has 0 spiro atoms. The van der Waals surface area contributed by atoms with Gasteiger partial charge in [0.15, 0.2) is 5.96 Å². The first-order valence-corrected chi connectivity index (χ1v) is 13.2. The first-order valence-electron chi connectivity index (χ1n) is 12.0. The summed E-state index contributed by atoms with van der Waals surface area (Å²) in [6.45, 7) is 2.14. The monoisotopic (exact) mass is 584 g/mol. The first kappa shape index (κ1) is 28.6. The quantitative estimate of drug-likeness (QED) is 0.0656. The van der Waals surface area contributed by atoms with Crippen molar-refractivity contribution in [2.45, 2.75) is 37.1 Å². The van der Waals surface area contributed by atoms with Crippen LogP contribution in [0.25, 0.3) is 0 Å². The summed E-state index contributed by atoms with van der Waals surface area (Å²) in [7, 11) is 0. The molecule has 37 heavy (non-hydrogen) atoms. The Kier molecular flexibility index (Phi) is 11.3. The number of hydrogen-bond donors (Lipinski definition) is 5. The van der Waals surface area contributed by atoms with Gasteiger partial charge in [0.2, 0.25) is 0 Å². The minimum Gasteiger partial charge on any atom is -0.356 e. The highest BCUT2D eigenvalue weighted by Gasteiger charge is 2.17. The minimum atomic E-state index is -0.550. The van der Waals surface area contributed by atoms with Gasteiger partial charge in [0.05, 0.1) is 0 Å².